The Kier molecular flexibility index (Phi) is 3.73. The van der Waals surface area contributed by atoms with Crippen molar-refractivity contribution in [3.63, 3.8) is 0 Å². The van der Waals surface area contributed by atoms with Crippen LogP contribution < -0.4 is 5.30 Å². The summed E-state index contributed by atoms with van der Waals surface area (Å²) in [6, 6.07) is 1.30. The molecular formula is C11H14NO4PS. The number of thiazole rings is 1. The Morgan fingerprint density at radius 2 is 2.22 bits per heavy atom. The molecular weight excluding hydrogens is 273 g/mol. The van der Waals surface area contributed by atoms with Gasteiger partial charge in [-0.3, -0.25) is 4.57 Å². The van der Waals surface area contributed by atoms with E-state index in [9.17, 15) is 14.4 Å². The largest absolute Gasteiger partial charge is 0.462 e. The number of nitrogens with zero attached hydrogens (tertiary/aromatic N) is 1. The van der Waals surface area contributed by atoms with Crippen LogP contribution in [0.25, 0.3) is 11.5 Å². The molecule has 2 heterocycles. The van der Waals surface area contributed by atoms with Gasteiger partial charge < -0.3 is 14.2 Å². The average molecular weight is 287 g/mol. The van der Waals surface area contributed by atoms with E-state index in [1.54, 1.807) is 5.51 Å². The molecule has 0 saturated carbocycles. The van der Waals surface area contributed by atoms with Gasteiger partial charge >= 0.3 is 7.60 Å². The minimum absolute atomic E-state index is 0.0987. The standard InChI is InChI=1S/C11H14NO4PS/c1-7(2)5-9-10(12-6-18-9)11-8(3-4-16-11)17(13,14)15/h3-4,6-7H,5H2,1-2H3,(H2,13,14,15). The number of hydrogen-bond donors (Lipinski definition) is 2. The quantitative estimate of drug-likeness (QED) is 0.844. The van der Waals surface area contributed by atoms with Crippen LogP contribution >= 0.6 is 18.9 Å². The van der Waals surface area contributed by atoms with Gasteiger partial charge in [0.2, 0.25) is 0 Å². The topological polar surface area (TPSA) is 83.6 Å². The molecule has 0 amide bonds. The lowest BCUT2D eigenvalue weighted by molar-refractivity contribution is 0.387. The van der Waals surface area contributed by atoms with Crippen LogP contribution in [0.5, 0.6) is 0 Å². The minimum Gasteiger partial charge on any atom is -0.462 e. The lowest BCUT2D eigenvalue weighted by atomic mass is 10.1. The molecule has 7 heteroatoms. The van der Waals surface area contributed by atoms with Gasteiger partial charge in [-0.25, -0.2) is 4.98 Å². The third-order valence-electron chi connectivity index (χ3n) is 2.41. The summed E-state index contributed by atoms with van der Waals surface area (Å²) in [5.74, 6) is 0.623. The van der Waals surface area contributed by atoms with Crippen molar-refractivity contribution in [2.24, 2.45) is 5.92 Å². The van der Waals surface area contributed by atoms with Crippen LogP contribution in [-0.2, 0) is 11.0 Å². The molecule has 2 aromatic heterocycles. The summed E-state index contributed by atoms with van der Waals surface area (Å²) < 4.78 is 16.6. The molecule has 2 aromatic rings. The van der Waals surface area contributed by atoms with Gasteiger partial charge in [-0.1, -0.05) is 13.8 Å². The third kappa shape index (κ3) is 2.72. The highest BCUT2D eigenvalue weighted by atomic mass is 32.1. The molecule has 18 heavy (non-hydrogen) atoms. The zero-order valence-corrected chi connectivity index (χ0v) is 11.7. The maximum absolute atomic E-state index is 11.4. The predicted octanol–water partition coefficient (Wildman–Crippen LogP) is 2.40. The van der Waals surface area contributed by atoms with Crippen molar-refractivity contribution in [2.45, 2.75) is 20.3 Å². The van der Waals surface area contributed by atoms with Crippen molar-refractivity contribution < 1.29 is 18.8 Å². The summed E-state index contributed by atoms with van der Waals surface area (Å²) >= 11 is 1.47. The Morgan fingerprint density at radius 1 is 1.50 bits per heavy atom. The van der Waals surface area contributed by atoms with E-state index >= 15 is 0 Å². The van der Waals surface area contributed by atoms with Crippen molar-refractivity contribution in [3.8, 4) is 11.5 Å². The normalized spacial score (nSPS) is 12.3. The predicted molar refractivity (Wildman–Crippen MR) is 70.0 cm³/mol. The average Bonchev–Trinajstić information content (AvgIpc) is 2.81. The summed E-state index contributed by atoms with van der Waals surface area (Å²) in [6.45, 7) is 4.16. The van der Waals surface area contributed by atoms with E-state index in [2.05, 4.69) is 18.8 Å². The summed E-state index contributed by atoms with van der Waals surface area (Å²) in [6.07, 6.45) is 2.09. The van der Waals surface area contributed by atoms with Crippen LogP contribution in [0.2, 0.25) is 0 Å². The Labute approximate surface area is 109 Å². The highest BCUT2D eigenvalue weighted by Gasteiger charge is 2.27. The van der Waals surface area contributed by atoms with Gasteiger partial charge in [0, 0.05) is 4.88 Å². The van der Waals surface area contributed by atoms with E-state index < -0.39 is 7.60 Å². The van der Waals surface area contributed by atoms with Gasteiger partial charge in [0.1, 0.15) is 11.0 Å². The summed E-state index contributed by atoms with van der Waals surface area (Å²) in [4.78, 5) is 23.7. The van der Waals surface area contributed by atoms with E-state index in [0.717, 1.165) is 11.3 Å². The Balaban J connectivity index is 2.47. The molecule has 2 rings (SSSR count). The first-order valence-electron chi connectivity index (χ1n) is 5.46. The van der Waals surface area contributed by atoms with Crippen LogP contribution in [-0.4, -0.2) is 14.8 Å². The van der Waals surface area contributed by atoms with Crippen LogP contribution in [0.3, 0.4) is 0 Å². The molecule has 98 valence electrons. The van der Waals surface area contributed by atoms with Gasteiger partial charge in [0.15, 0.2) is 5.76 Å². The number of rotatable bonds is 4. The zero-order valence-electron chi connectivity index (χ0n) is 10.0. The van der Waals surface area contributed by atoms with E-state index in [4.69, 9.17) is 4.42 Å². The molecule has 0 atom stereocenters. The second-order valence-electron chi connectivity index (χ2n) is 4.40. The van der Waals surface area contributed by atoms with Gasteiger partial charge in [0.05, 0.1) is 11.8 Å². The second kappa shape index (κ2) is 4.97. The molecule has 5 nitrogen and oxygen atoms in total. The molecule has 0 aliphatic heterocycles. The monoisotopic (exact) mass is 287 g/mol. The molecule has 0 aromatic carbocycles. The van der Waals surface area contributed by atoms with Gasteiger partial charge in [0.25, 0.3) is 0 Å². The van der Waals surface area contributed by atoms with Crippen molar-refractivity contribution >= 4 is 24.2 Å². The molecule has 0 bridgehead atoms. The third-order valence-corrected chi connectivity index (χ3v) is 4.24. The van der Waals surface area contributed by atoms with Crippen LogP contribution in [0.4, 0.5) is 0 Å². The Morgan fingerprint density at radius 3 is 2.83 bits per heavy atom. The van der Waals surface area contributed by atoms with Crippen LogP contribution in [0, 0.1) is 5.92 Å². The number of hydrogen-bond acceptors (Lipinski definition) is 4. The van der Waals surface area contributed by atoms with Crippen LogP contribution in [0.1, 0.15) is 18.7 Å². The fourth-order valence-corrected chi connectivity index (χ4v) is 3.33. The molecule has 0 spiro atoms. The molecule has 0 aliphatic rings. The van der Waals surface area contributed by atoms with Crippen molar-refractivity contribution in [2.75, 3.05) is 0 Å². The van der Waals surface area contributed by atoms with Gasteiger partial charge in [-0.2, -0.15) is 0 Å². The molecule has 2 N–H and O–H groups in total. The molecule has 0 saturated heterocycles. The maximum atomic E-state index is 11.4. The number of furan rings is 1. The lowest BCUT2D eigenvalue weighted by Crippen LogP contribution is -2.05. The van der Waals surface area contributed by atoms with Crippen molar-refractivity contribution in [1.82, 2.24) is 4.98 Å². The fraction of sp³-hybridized carbons (Fsp3) is 0.364. The first-order valence-corrected chi connectivity index (χ1v) is 7.95. The van der Waals surface area contributed by atoms with Gasteiger partial charge in [-0.15, -0.1) is 11.3 Å². The minimum atomic E-state index is -4.33. The zero-order chi connectivity index (χ0) is 13.3. The molecule has 0 fully saturated rings. The molecule has 0 unspecified atom stereocenters. The maximum Gasteiger partial charge on any atom is 0.360 e. The highest BCUT2D eigenvalue weighted by molar-refractivity contribution is 7.60. The Hall–Kier alpha value is -0.940. The van der Waals surface area contributed by atoms with E-state index in [1.807, 2.05) is 0 Å². The lowest BCUT2D eigenvalue weighted by Gasteiger charge is -2.06. The SMILES string of the molecule is CC(C)Cc1scnc1-c1occc1P(=O)(O)O. The van der Waals surface area contributed by atoms with E-state index in [1.165, 1.54) is 23.7 Å². The summed E-state index contributed by atoms with van der Waals surface area (Å²) in [7, 11) is -4.33. The molecule has 0 radical (unpaired) electrons. The summed E-state index contributed by atoms with van der Waals surface area (Å²) in [5.41, 5.74) is 2.20. The van der Waals surface area contributed by atoms with E-state index in [0.29, 0.717) is 11.6 Å². The molecule has 0 aliphatic carbocycles. The fourth-order valence-electron chi connectivity index (χ4n) is 1.68. The van der Waals surface area contributed by atoms with E-state index in [-0.39, 0.29) is 11.1 Å². The number of aromatic nitrogens is 1. The Bertz CT molecular complexity index is 583. The highest BCUT2D eigenvalue weighted by Crippen LogP contribution is 2.39. The van der Waals surface area contributed by atoms with Crippen LogP contribution in [0.15, 0.2) is 22.3 Å². The second-order valence-corrected chi connectivity index (χ2v) is 6.91. The van der Waals surface area contributed by atoms with Crippen molar-refractivity contribution in [3.05, 3.63) is 22.7 Å². The van der Waals surface area contributed by atoms with Gasteiger partial charge in [-0.05, 0) is 18.4 Å². The summed E-state index contributed by atoms with van der Waals surface area (Å²) in [5, 5.41) is -0.0987. The first-order chi connectivity index (χ1) is 8.39. The smallest absolute Gasteiger partial charge is 0.360 e. The van der Waals surface area contributed by atoms with Crippen molar-refractivity contribution in [1.29, 1.82) is 0 Å². The first kappa shape index (κ1) is 13.5.